The quantitative estimate of drug-likeness (QED) is 0.924. The molecule has 3 heterocycles. The van der Waals surface area contributed by atoms with Crippen molar-refractivity contribution >= 4 is 28.6 Å². The lowest BCUT2D eigenvalue weighted by atomic mass is 9.90. The van der Waals surface area contributed by atoms with E-state index in [-0.39, 0.29) is 11.9 Å². The molecule has 1 saturated heterocycles. The van der Waals surface area contributed by atoms with Crippen LogP contribution >= 0.6 is 22.7 Å². The summed E-state index contributed by atoms with van der Waals surface area (Å²) in [6.07, 6.45) is 2.01. The first-order chi connectivity index (χ1) is 10.2. The van der Waals surface area contributed by atoms with Crippen molar-refractivity contribution in [3.8, 4) is 0 Å². The predicted octanol–water partition coefficient (Wildman–Crippen LogP) is 4.02. The molecule has 3 rings (SSSR count). The molecule has 0 bridgehead atoms. The van der Waals surface area contributed by atoms with Gasteiger partial charge in [0, 0.05) is 18.1 Å². The first-order valence-electron chi connectivity index (χ1n) is 7.21. The van der Waals surface area contributed by atoms with Gasteiger partial charge in [-0.2, -0.15) is 0 Å². The highest BCUT2D eigenvalue weighted by Gasteiger charge is 2.28. The van der Waals surface area contributed by atoms with Gasteiger partial charge in [0.2, 0.25) is 0 Å². The fraction of sp³-hybridized carbons (Fsp3) is 0.438. The van der Waals surface area contributed by atoms with Crippen LogP contribution in [0, 0.1) is 12.8 Å². The van der Waals surface area contributed by atoms with Gasteiger partial charge in [-0.15, -0.1) is 22.7 Å². The Labute approximate surface area is 133 Å². The molecular formula is C16H19NO2S2. The Kier molecular flexibility index (Phi) is 4.73. The summed E-state index contributed by atoms with van der Waals surface area (Å²) in [6.45, 7) is 3.60. The molecule has 1 aliphatic rings. The summed E-state index contributed by atoms with van der Waals surface area (Å²) in [7, 11) is 0. The molecule has 1 aliphatic heterocycles. The van der Waals surface area contributed by atoms with Crippen molar-refractivity contribution in [3.63, 3.8) is 0 Å². The monoisotopic (exact) mass is 321 g/mol. The number of carbonyl (C=O) groups excluding carboxylic acids is 1. The van der Waals surface area contributed by atoms with E-state index in [1.807, 2.05) is 24.4 Å². The summed E-state index contributed by atoms with van der Waals surface area (Å²) in [5.74, 6) is 0.500. The highest BCUT2D eigenvalue weighted by atomic mass is 32.1. The minimum atomic E-state index is 0.0398. The summed E-state index contributed by atoms with van der Waals surface area (Å²) in [6, 6.07) is 6.22. The van der Waals surface area contributed by atoms with Crippen molar-refractivity contribution in [2.24, 2.45) is 5.92 Å². The lowest BCUT2D eigenvalue weighted by Gasteiger charge is -2.30. The number of amides is 1. The molecule has 21 heavy (non-hydrogen) atoms. The van der Waals surface area contributed by atoms with Gasteiger partial charge in [-0.1, -0.05) is 6.07 Å². The summed E-state index contributed by atoms with van der Waals surface area (Å²) in [5.41, 5.74) is 1.14. The molecule has 1 amide bonds. The van der Waals surface area contributed by atoms with Gasteiger partial charge in [0.05, 0.1) is 10.9 Å². The summed E-state index contributed by atoms with van der Waals surface area (Å²) >= 11 is 3.23. The minimum absolute atomic E-state index is 0.0398. The zero-order chi connectivity index (χ0) is 14.7. The number of nitrogens with one attached hydrogen (secondary N) is 1. The van der Waals surface area contributed by atoms with Crippen LogP contribution in [0.25, 0.3) is 0 Å². The summed E-state index contributed by atoms with van der Waals surface area (Å²) in [4.78, 5) is 14.5. The maximum absolute atomic E-state index is 12.5. The second-order valence-electron chi connectivity index (χ2n) is 5.40. The number of hydrogen-bond acceptors (Lipinski definition) is 4. The van der Waals surface area contributed by atoms with Gasteiger partial charge in [0.25, 0.3) is 5.91 Å². The predicted molar refractivity (Wildman–Crippen MR) is 87.1 cm³/mol. The second-order valence-corrected chi connectivity index (χ2v) is 7.30. The smallest absolute Gasteiger partial charge is 0.261 e. The SMILES string of the molecule is Cc1csc(C(=O)N[C@@H](c2cccs2)C2CCOCC2)c1. The Balaban J connectivity index is 1.77. The largest absolute Gasteiger partial charge is 0.381 e. The van der Waals surface area contributed by atoms with Crippen LogP contribution in [0.3, 0.4) is 0 Å². The number of aryl methyl sites for hydroxylation is 1. The van der Waals surface area contributed by atoms with Crippen LogP contribution in [-0.2, 0) is 4.74 Å². The normalized spacial score (nSPS) is 17.6. The van der Waals surface area contributed by atoms with E-state index in [4.69, 9.17) is 4.74 Å². The fourth-order valence-electron chi connectivity index (χ4n) is 2.70. The van der Waals surface area contributed by atoms with Crippen molar-refractivity contribution in [2.75, 3.05) is 13.2 Å². The van der Waals surface area contributed by atoms with E-state index in [0.29, 0.717) is 5.92 Å². The van der Waals surface area contributed by atoms with Crippen molar-refractivity contribution in [1.29, 1.82) is 0 Å². The number of hydrogen-bond donors (Lipinski definition) is 1. The van der Waals surface area contributed by atoms with Crippen LogP contribution in [-0.4, -0.2) is 19.1 Å². The molecule has 0 saturated carbocycles. The zero-order valence-corrected chi connectivity index (χ0v) is 13.6. The number of rotatable bonds is 4. The highest BCUT2D eigenvalue weighted by Crippen LogP contribution is 2.33. The maximum Gasteiger partial charge on any atom is 0.261 e. The van der Waals surface area contributed by atoms with E-state index in [1.165, 1.54) is 16.2 Å². The highest BCUT2D eigenvalue weighted by molar-refractivity contribution is 7.12. The molecule has 1 atom stereocenters. The average molecular weight is 321 g/mol. The lowest BCUT2D eigenvalue weighted by molar-refractivity contribution is 0.0519. The van der Waals surface area contributed by atoms with Gasteiger partial charge in [0.15, 0.2) is 0 Å². The molecule has 0 aliphatic carbocycles. The molecule has 0 unspecified atom stereocenters. The average Bonchev–Trinajstić information content (AvgIpc) is 3.17. The van der Waals surface area contributed by atoms with Gasteiger partial charge in [0.1, 0.15) is 0 Å². The molecule has 1 fully saturated rings. The van der Waals surface area contributed by atoms with Gasteiger partial charge in [-0.3, -0.25) is 4.79 Å². The van der Waals surface area contributed by atoms with Crippen LogP contribution in [0.15, 0.2) is 29.0 Å². The van der Waals surface area contributed by atoms with Crippen LogP contribution < -0.4 is 5.32 Å². The van der Waals surface area contributed by atoms with E-state index in [2.05, 4.69) is 16.8 Å². The van der Waals surface area contributed by atoms with E-state index >= 15 is 0 Å². The first kappa shape index (κ1) is 14.8. The molecule has 0 spiro atoms. The van der Waals surface area contributed by atoms with Crippen molar-refractivity contribution in [2.45, 2.75) is 25.8 Å². The van der Waals surface area contributed by atoms with Gasteiger partial charge in [-0.05, 0) is 54.1 Å². The molecule has 0 aromatic carbocycles. The topological polar surface area (TPSA) is 38.3 Å². The van der Waals surface area contributed by atoms with Gasteiger partial charge < -0.3 is 10.1 Å². The molecule has 0 radical (unpaired) electrons. The molecule has 2 aromatic rings. The lowest BCUT2D eigenvalue weighted by Crippen LogP contribution is -2.35. The number of ether oxygens (including phenoxy) is 1. The molecule has 3 nitrogen and oxygen atoms in total. The van der Waals surface area contributed by atoms with E-state index in [1.54, 1.807) is 11.3 Å². The van der Waals surface area contributed by atoms with E-state index in [9.17, 15) is 4.79 Å². The van der Waals surface area contributed by atoms with Crippen molar-refractivity contribution in [3.05, 3.63) is 44.3 Å². The van der Waals surface area contributed by atoms with Crippen LogP contribution in [0.2, 0.25) is 0 Å². The van der Waals surface area contributed by atoms with Crippen LogP contribution in [0.5, 0.6) is 0 Å². The molecular weight excluding hydrogens is 302 g/mol. The Morgan fingerprint density at radius 2 is 2.19 bits per heavy atom. The summed E-state index contributed by atoms with van der Waals surface area (Å²) in [5, 5.41) is 7.33. The van der Waals surface area contributed by atoms with Gasteiger partial charge in [-0.25, -0.2) is 0 Å². The number of thiophene rings is 2. The summed E-state index contributed by atoms with van der Waals surface area (Å²) < 4.78 is 5.45. The third-order valence-electron chi connectivity index (χ3n) is 3.83. The van der Waals surface area contributed by atoms with Crippen LogP contribution in [0.4, 0.5) is 0 Å². The number of carbonyl (C=O) groups is 1. The van der Waals surface area contributed by atoms with Gasteiger partial charge >= 0.3 is 0 Å². The second kappa shape index (κ2) is 6.73. The van der Waals surface area contributed by atoms with Crippen molar-refractivity contribution in [1.82, 2.24) is 5.32 Å². The van der Waals surface area contributed by atoms with Crippen LogP contribution in [0.1, 0.15) is 39.0 Å². The molecule has 112 valence electrons. The fourth-order valence-corrected chi connectivity index (χ4v) is 4.37. The molecule has 2 aromatic heterocycles. The van der Waals surface area contributed by atoms with E-state index < -0.39 is 0 Å². The zero-order valence-electron chi connectivity index (χ0n) is 12.0. The standard InChI is InChI=1S/C16H19NO2S2/c1-11-9-14(21-10-11)16(18)17-15(13-3-2-8-20-13)12-4-6-19-7-5-12/h2-3,8-10,12,15H,4-7H2,1H3,(H,17,18)/t15-/m1/s1. The Hall–Kier alpha value is -1.17. The first-order valence-corrected chi connectivity index (χ1v) is 8.97. The Morgan fingerprint density at radius 1 is 1.38 bits per heavy atom. The van der Waals surface area contributed by atoms with E-state index in [0.717, 1.165) is 36.5 Å². The molecule has 1 N–H and O–H groups in total. The van der Waals surface area contributed by atoms with Crippen molar-refractivity contribution < 1.29 is 9.53 Å². The third-order valence-corrected chi connectivity index (χ3v) is 5.83. The molecule has 5 heteroatoms. The third kappa shape index (κ3) is 3.54. The maximum atomic E-state index is 12.5. The Bertz CT molecular complexity index is 585. The minimum Gasteiger partial charge on any atom is -0.381 e. The Morgan fingerprint density at radius 3 is 2.81 bits per heavy atom.